The minimum Gasteiger partial charge on any atom is -0.314 e. The summed E-state index contributed by atoms with van der Waals surface area (Å²) in [6, 6.07) is 0. The summed E-state index contributed by atoms with van der Waals surface area (Å²) in [6.45, 7) is 9.49. The molecule has 2 fully saturated rings. The maximum Gasteiger partial charge on any atom is 0.0481 e. The number of piperazine rings is 1. The highest BCUT2D eigenvalue weighted by Crippen LogP contribution is 2.12. The molecule has 2 N–H and O–H groups in total. The van der Waals surface area contributed by atoms with E-state index in [9.17, 15) is 0 Å². The molecule has 0 aromatic heterocycles. The second kappa shape index (κ2) is 5.80. The Morgan fingerprint density at radius 1 is 1.27 bits per heavy atom. The van der Waals surface area contributed by atoms with Crippen LogP contribution in [0.15, 0.2) is 0 Å². The number of likely N-dealkylation sites (tertiary alicyclic amines) is 1. The van der Waals surface area contributed by atoms with Crippen LogP contribution in [0, 0.1) is 5.92 Å². The summed E-state index contributed by atoms with van der Waals surface area (Å²) in [6.07, 6.45) is 1.37. The first-order valence-electron chi connectivity index (χ1n) is 6.17. The first kappa shape index (κ1) is 11.3. The minimum absolute atomic E-state index is 0.873. The Morgan fingerprint density at radius 2 is 2.07 bits per heavy atom. The zero-order valence-electron chi connectivity index (χ0n) is 9.84. The van der Waals surface area contributed by atoms with Gasteiger partial charge in [-0.15, -0.1) is 0 Å². The van der Waals surface area contributed by atoms with Gasteiger partial charge >= 0.3 is 0 Å². The van der Waals surface area contributed by atoms with E-state index in [1.54, 1.807) is 0 Å². The fourth-order valence-electron chi connectivity index (χ4n) is 2.49. The zero-order valence-corrected chi connectivity index (χ0v) is 9.84. The predicted molar refractivity (Wildman–Crippen MR) is 62.9 cm³/mol. The van der Waals surface area contributed by atoms with Gasteiger partial charge in [-0.2, -0.15) is 0 Å². The Labute approximate surface area is 93.0 Å². The van der Waals surface area contributed by atoms with Crippen molar-refractivity contribution in [3.63, 3.8) is 0 Å². The van der Waals surface area contributed by atoms with Crippen LogP contribution in [-0.4, -0.2) is 69.3 Å². The lowest BCUT2D eigenvalue weighted by atomic mass is 10.1. The van der Waals surface area contributed by atoms with Crippen LogP contribution in [-0.2, 0) is 0 Å². The predicted octanol–water partition coefficient (Wildman–Crippen LogP) is -0.610. The molecular formula is C11H24N4. The summed E-state index contributed by atoms with van der Waals surface area (Å²) in [5.41, 5.74) is 0. The number of hydrogen-bond acceptors (Lipinski definition) is 4. The molecule has 0 amide bonds. The highest BCUT2D eigenvalue weighted by molar-refractivity contribution is 4.75. The van der Waals surface area contributed by atoms with Gasteiger partial charge in [-0.3, -0.25) is 4.90 Å². The normalized spacial score (nSPS) is 29.8. The van der Waals surface area contributed by atoms with Crippen molar-refractivity contribution in [3.8, 4) is 0 Å². The fraction of sp³-hybridized carbons (Fsp3) is 1.00. The molecule has 0 aromatic rings. The van der Waals surface area contributed by atoms with Gasteiger partial charge in [-0.05, 0) is 25.9 Å². The van der Waals surface area contributed by atoms with Gasteiger partial charge in [-0.1, -0.05) is 0 Å². The molecule has 4 nitrogen and oxygen atoms in total. The molecule has 2 rings (SSSR count). The third-order valence-corrected chi connectivity index (χ3v) is 3.47. The molecule has 2 aliphatic heterocycles. The third-order valence-electron chi connectivity index (χ3n) is 3.47. The van der Waals surface area contributed by atoms with Crippen molar-refractivity contribution < 1.29 is 0 Å². The summed E-state index contributed by atoms with van der Waals surface area (Å²) in [5, 5.41) is 6.97. The summed E-state index contributed by atoms with van der Waals surface area (Å²) in [7, 11) is 2.22. The van der Waals surface area contributed by atoms with Crippen molar-refractivity contribution in [2.75, 3.05) is 59.5 Å². The van der Waals surface area contributed by atoms with Gasteiger partial charge in [0.15, 0.2) is 0 Å². The summed E-state index contributed by atoms with van der Waals surface area (Å²) in [4.78, 5) is 4.92. The van der Waals surface area contributed by atoms with Crippen molar-refractivity contribution in [2.24, 2.45) is 5.92 Å². The van der Waals surface area contributed by atoms with Crippen molar-refractivity contribution in [2.45, 2.75) is 6.42 Å². The Bertz CT molecular complexity index is 175. The molecular weight excluding hydrogens is 188 g/mol. The first-order chi connectivity index (χ1) is 7.34. The van der Waals surface area contributed by atoms with E-state index in [1.807, 2.05) is 0 Å². The lowest BCUT2D eigenvalue weighted by Crippen LogP contribution is -2.47. The van der Waals surface area contributed by atoms with E-state index < -0.39 is 0 Å². The summed E-state index contributed by atoms with van der Waals surface area (Å²) in [5.74, 6) is 0.873. The van der Waals surface area contributed by atoms with Crippen LogP contribution in [0.25, 0.3) is 0 Å². The Balaban J connectivity index is 1.54. The highest BCUT2D eigenvalue weighted by Gasteiger charge is 2.19. The van der Waals surface area contributed by atoms with Gasteiger partial charge in [0.05, 0.1) is 0 Å². The van der Waals surface area contributed by atoms with Crippen LogP contribution in [0.2, 0.25) is 0 Å². The van der Waals surface area contributed by atoms with Crippen molar-refractivity contribution in [1.82, 2.24) is 20.4 Å². The second-order valence-corrected chi connectivity index (χ2v) is 4.90. The van der Waals surface area contributed by atoms with E-state index in [1.165, 1.54) is 39.1 Å². The van der Waals surface area contributed by atoms with E-state index in [-0.39, 0.29) is 0 Å². The molecule has 4 heteroatoms. The van der Waals surface area contributed by atoms with Crippen LogP contribution in [0.4, 0.5) is 0 Å². The van der Waals surface area contributed by atoms with E-state index in [2.05, 4.69) is 27.5 Å². The van der Waals surface area contributed by atoms with Crippen molar-refractivity contribution in [3.05, 3.63) is 0 Å². The van der Waals surface area contributed by atoms with Crippen LogP contribution in [0.5, 0.6) is 0 Å². The Kier molecular flexibility index (Phi) is 4.38. The molecule has 1 atom stereocenters. The van der Waals surface area contributed by atoms with Crippen LogP contribution >= 0.6 is 0 Å². The lowest BCUT2D eigenvalue weighted by molar-refractivity contribution is 0.219. The van der Waals surface area contributed by atoms with E-state index in [4.69, 9.17) is 0 Å². The highest BCUT2D eigenvalue weighted by atomic mass is 15.3. The van der Waals surface area contributed by atoms with E-state index >= 15 is 0 Å². The van der Waals surface area contributed by atoms with Gasteiger partial charge in [0.2, 0.25) is 0 Å². The Hall–Kier alpha value is -0.160. The van der Waals surface area contributed by atoms with E-state index in [0.29, 0.717) is 0 Å². The molecule has 0 aromatic carbocycles. The standard InChI is InChI=1S/C11H24N4/c1-14-5-2-11(9-14)8-13-10-15-6-3-12-4-7-15/h11-13H,2-10H2,1H3. The number of hydrogen-bond donors (Lipinski definition) is 2. The molecule has 1 unspecified atom stereocenters. The van der Waals surface area contributed by atoms with Gasteiger partial charge in [0.25, 0.3) is 0 Å². The maximum atomic E-state index is 3.59. The smallest absolute Gasteiger partial charge is 0.0481 e. The molecule has 15 heavy (non-hydrogen) atoms. The largest absolute Gasteiger partial charge is 0.314 e. The van der Waals surface area contributed by atoms with Gasteiger partial charge in [0.1, 0.15) is 0 Å². The fourth-order valence-corrected chi connectivity index (χ4v) is 2.49. The van der Waals surface area contributed by atoms with Crippen molar-refractivity contribution >= 4 is 0 Å². The molecule has 0 saturated carbocycles. The maximum absolute atomic E-state index is 3.59. The van der Waals surface area contributed by atoms with Gasteiger partial charge < -0.3 is 15.5 Å². The van der Waals surface area contributed by atoms with Crippen molar-refractivity contribution in [1.29, 1.82) is 0 Å². The van der Waals surface area contributed by atoms with Crippen LogP contribution in [0.3, 0.4) is 0 Å². The van der Waals surface area contributed by atoms with Crippen LogP contribution in [0.1, 0.15) is 6.42 Å². The quantitative estimate of drug-likeness (QED) is 0.651. The molecule has 0 bridgehead atoms. The van der Waals surface area contributed by atoms with Gasteiger partial charge in [-0.25, -0.2) is 0 Å². The molecule has 0 aliphatic carbocycles. The van der Waals surface area contributed by atoms with Crippen LogP contribution < -0.4 is 10.6 Å². The average Bonchev–Trinajstić information content (AvgIpc) is 2.66. The lowest BCUT2D eigenvalue weighted by Gasteiger charge is -2.27. The first-order valence-corrected chi connectivity index (χ1v) is 6.17. The Morgan fingerprint density at radius 3 is 2.73 bits per heavy atom. The minimum atomic E-state index is 0.873. The SMILES string of the molecule is CN1CCC(CNCN2CCNCC2)C1. The summed E-state index contributed by atoms with van der Waals surface area (Å²) >= 11 is 0. The molecule has 88 valence electrons. The second-order valence-electron chi connectivity index (χ2n) is 4.90. The van der Waals surface area contributed by atoms with Gasteiger partial charge in [0, 0.05) is 45.9 Å². The average molecular weight is 212 g/mol. The third kappa shape index (κ3) is 3.72. The number of nitrogens with one attached hydrogen (secondary N) is 2. The molecule has 0 spiro atoms. The number of rotatable bonds is 4. The molecule has 0 radical (unpaired) electrons. The van der Waals surface area contributed by atoms with E-state index in [0.717, 1.165) is 25.7 Å². The monoisotopic (exact) mass is 212 g/mol. The molecule has 2 aliphatic rings. The number of nitrogens with zero attached hydrogens (tertiary/aromatic N) is 2. The summed E-state index contributed by atoms with van der Waals surface area (Å²) < 4.78 is 0. The topological polar surface area (TPSA) is 30.5 Å². The zero-order chi connectivity index (χ0) is 10.5. The molecule has 2 heterocycles. The molecule has 2 saturated heterocycles.